The number of aliphatic hydroxyl groups excluding tert-OH is 1. The second-order valence-corrected chi connectivity index (χ2v) is 8.61. The van der Waals surface area contributed by atoms with Gasteiger partial charge in [-0.15, -0.1) is 18.2 Å². The van der Waals surface area contributed by atoms with Crippen LogP contribution < -0.4 is 4.74 Å². The summed E-state index contributed by atoms with van der Waals surface area (Å²) in [5.41, 5.74) is -5.68. The Morgan fingerprint density at radius 1 is 1.39 bits per heavy atom. The monoisotopic (exact) mass is 416 g/mol. The zero-order valence-corrected chi connectivity index (χ0v) is 16.2. The van der Waals surface area contributed by atoms with Gasteiger partial charge in [-0.25, -0.2) is 0 Å². The zero-order chi connectivity index (χ0) is 20.9. The first kappa shape index (κ1) is 20.6. The van der Waals surface area contributed by atoms with Crippen molar-refractivity contribution in [3.05, 3.63) is 23.8 Å². The Morgan fingerprint density at radius 3 is 2.68 bits per heavy atom. The maximum absolute atomic E-state index is 12.9. The van der Waals surface area contributed by atoms with E-state index in [1.807, 2.05) is 0 Å². The third kappa shape index (κ3) is 3.47. The molecule has 0 aliphatic carbocycles. The van der Waals surface area contributed by atoms with Crippen LogP contribution in [0.5, 0.6) is 5.75 Å². The number of rotatable bonds is 2. The molecule has 1 aromatic carbocycles. The molecule has 11 heteroatoms. The number of halogens is 3. The van der Waals surface area contributed by atoms with Crippen molar-refractivity contribution in [3.63, 3.8) is 0 Å². The number of fused-ring (bicyclic) bond motifs is 1. The molecule has 2 aliphatic heterocycles. The molecule has 0 saturated carbocycles. The molecule has 0 radical (unpaired) electrons. The summed E-state index contributed by atoms with van der Waals surface area (Å²) in [6.45, 7) is 4.25. The van der Waals surface area contributed by atoms with Gasteiger partial charge in [0.05, 0.1) is 17.2 Å². The number of aliphatic hydroxyl groups is 1. The van der Waals surface area contributed by atoms with Crippen LogP contribution in [-0.4, -0.2) is 62.8 Å². The first-order valence-electron chi connectivity index (χ1n) is 8.41. The van der Waals surface area contributed by atoms with Crippen molar-refractivity contribution in [2.24, 2.45) is 4.99 Å². The second-order valence-electron chi connectivity index (χ2n) is 7.14. The maximum Gasteiger partial charge on any atom is 0.578 e. The third-order valence-corrected chi connectivity index (χ3v) is 5.97. The number of alkyl halides is 3. The second kappa shape index (κ2) is 7.02. The number of likely N-dealkylation sites (N-methyl/N-ethyl adjacent to an activating group) is 1. The summed E-state index contributed by atoms with van der Waals surface area (Å²) in [5, 5.41) is 19.9. The average Bonchev–Trinajstić information content (AvgIpc) is 2.95. The number of hydrogen-bond donors (Lipinski definition) is 1. The van der Waals surface area contributed by atoms with Gasteiger partial charge < -0.3 is 24.2 Å². The zero-order valence-electron chi connectivity index (χ0n) is 15.4. The number of hydrogen-bond acceptors (Lipinski definition) is 5. The third-order valence-electron chi connectivity index (χ3n) is 4.87. The van der Waals surface area contributed by atoms with Gasteiger partial charge in [-0.05, 0) is 26.0 Å². The first-order chi connectivity index (χ1) is 13.0. The van der Waals surface area contributed by atoms with E-state index in [0.717, 1.165) is 12.1 Å². The van der Waals surface area contributed by atoms with Gasteiger partial charge in [0.15, 0.2) is 4.90 Å². The highest BCUT2D eigenvalue weighted by Crippen LogP contribution is 2.45. The summed E-state index contributed by atoms with van der Waals surface area (Å²) in [6.07, 6.45) is 0.578. The van der Waals surface area contributed by atoms with Gasteiger partial charge in [0.25, 0.3) is 0 Å². The Morgan fingerprint density at radius 2 is 2.07 bits per heavy atom. The molecule has 0 spiro atoms. The molecule has 1 unspecified atom stereocenters. The molecule has 152 valence electrons. The Bertz CT molecular complexity index is 840. The van der Waals surface area contributed by atoms with E-state index in [1.54, 1.807) is 36.9 Å². The molecule has 2 aliphatic rings. The van der Waals surface area contributed by atoms with Crippen LogP contribution >= 0.6 is 0 Å². The van der Waals surface area contributed by atoms with Gasteiger partial charge in [0.2, 0.25) is 12.2 Å². The highest BCUT2D eigenvalue weighted by atomic mass is 32.2. The van der Waals surface area contributed by atoms with Gasteiger partial charge in [-0.2, -0.15) is 5.26 Å². The van der Waals surface area contributed by atoms with E-state index in [4.69, 9.17) is 10.00 Å². The fraction of sp³-hybridized carbons (Fsp3) is 0.529. The lowest BCUT2D eigenvalue weighted by atomic mass is 9.85. The largest absolute Gasteiger partial charge is 0.604 e. The van der Waals surface area contributed by atoms with E-state index in [9.17, 15) is 22.8 Å². The van der Waals surface area contributed by atoms with Crippen molar-refractivity contribution >= 4 is 17.1 Å². The predicted molar refractivity (Wildman–Crippen MR) is 94.7 cm³/mol. The predicted octanol–water partition coefficient (Wildman–Crippen LogP) is 1.97. The summed E-state index contributed by atoms with van der Waals surface area (Å²) in [7, 11) is 1.73. The van der Waals surface area contributed by atoms with Crippen molar-refractivity contribution in [1.82, 2.24) is 9.80 Å². The summed E-state index contributed by atoms with van der Waals surface area (Å²) < 4.78 is 56.4. The van der Waals surface area contributed by atoms with Crippen molar-refractivity contribution in [3.8, 4) is 11.9 Å². The van der Waals surface area contributed by atoms with E-state index < -0.39 is 39.3 Å². The average molecular weight is 416 g/mol. The van der Waals surface area contributed by atoms with Crippen LogP contribution in [0, 0.1) is 11.5 Å². The lowest BCUT2D eigenvalue weighted by Crippen LogP contribution is -2.54. The Labute approximate surface area is 163 Å². The molecular weight excluding hydrogens is 397 g/mol. The van der Waals surface area contributed by atoms with Crippen LogP contribution in [0.3, 0.4) is 0 Å². The molecule has 28 heavy (non-hydrogen) atoms. The van der Waals surface area contributed by atoms with Gasteiger partial charge in [-0.3, -0.25) is 0 Å². The van der Waals surface area contributed by atoms with E-state index in [-0.39, 0.29) is 11.3 Å². The Hall–Kier alpha value is -2.16. The van der Waals surface area contributed by atoms with Crippen LogP contribution in [0.15, 0.2) is 28.1 Å². The summed E-state index contributed by atoms with van der Waals surface area (Å²) >= 11 is -3.21. The lowest BCUT2D eigenvalue weighted by molar-refractivity contribution is -0.0803. The number of ether oxygens (including phenoxy) is 1. The number of nitrogens with zero attached hydrogens (tertiary/aromatic N) is 4. The lowest BCUT2D eigenvalue weighted by Gasteiger charge is -2.45. The molecule has 1 saturated heterocycles. The van der Waals surface area contributed by atoms with Crippen LogP contribution in [0.1, 0.15) is 25.5 Å². The topological polar surface area (TPSA) is 95.2 Å². The molecule has 2 heterocycles. The minimum absolute atomic E-state index is 0.267. The first-order valence-corrected chi connectivity index (χ1v) is 9.56. The molecule has 3 atom stereocenters. The van der Waals surface area contributed by atoms with Crippen molar-refractivity contribution in [2.75, 3.05) is 20.1 Å². The molecule has 0 amide bonds. The summed E-state index contributed by atoms with van der Waals surface area (Å²) in [5.74, 6) is 0.589. The fourth-order valence-electron chi connectivity index (χ4n) is 3.47. The van der Waals surface area contributed by atoms with Gasteiger partial charge >= 0.3 is 5.51 Å². The quantitative estimate of drug-likeness (QED) is 0.585. The van der Waals surface area contributed by atoms with Crippen molar-refractivity contribution < 1.29 is 27.6 Å². The van der Waals surface area contributed by atoms with E-state index in [0.29, 0.717) is 19.0 Å². The molecule has 1 fully saturated rings. The number of benzene rings is 1. The molecular formula is C17H19F3N4O3S. The summed E-state index contributed by atoms with van der Waals surface area (Å²) in [4.78, 5) is 6.75. The SMILES string of the molecule is CN1CCN([C@@H]2c3cc([S+]([O-])C(F)(F)F)ccc3OC(C)(C)[C@H]2O)C1=NC#N. The standard InChI is InChI=1S/C17H19F3N4O3S/c1-16(2)14(25)13(24-7-6-23(3)15(24)22-9-21)11-8-10(4-5-12(11)27-16)28(26)17(18,19)20/h4-5,8,13-14,25H,6-7H2,1-3H3/t13-,14+,28?/m1/s1. The van der Waals surface area contributed by atoms with E-state index in [2.05, 4.69) is 4.99 Å². The van der Waals surface area contributed by atoms with Crippen molar-refractivity contribution in [1.29, 1.82) is 5.26 Å². The number of nitriles is 1. The smallest absolute Gasteiger partial charge is 0.578 e. The van der Waals surface area contributed by atoms with E-state index >= 15 is 0 Å². The maximum atomic E-state index is 12.9. The van der Waals surface area contributed by atoms with Crippen LogP contribution in [-0.2, 0) is 11.2 Å². The molecule has 1 aromatic rings. The fourth-order valence-corrected chi connectivity index (χ4v) is 4.16. The van der Waals surface area contributed by atoms with Gasteiger partial charge in [0.1, 0.15) is 17.5 Å². The molecule has 3 rings (SSSR count). The number of aliphatic imine (C=N–C) groups is 1. The molecule has 0 bridgehead atoms. The van der Waals surface area contributed by atoms with Crippen LogP contribution in [0.2, 0.25) is 0 Å². The summed E-state index contributed by atoms with van der Waals surface area (Å²) in [6, 6.07) is 2.76. The minimum Gasteiger partial charge on any atom is -0.604 e. The minimum atomic E-state index is -4.90. The van der Waals surface area contributed by atoms with Gasteiger partial charge in [0, 0.05) is 31.8 Å². The Balaban J connectivity index is 2.13. The van der Waals surface area contributed by atoms with Crippen LogP contribution in [0.4, 0.5) is 13.2 Å². The molecule has 0 aromatic heterocycles. The van der Waals surface area contributed by atoms with E-state index in [1.165, 1.54) is 6.07 Å². The Kier molecular flexibility index (Phi) is 5.16. The van der Waals surface area contributed by atoms with Gasteiger partial charge in [-0.1, -0.05) is 0 Å². The van der Waals surface area contributed by atoms with Crippen molar-refractivity contribution in [2.45, 2.75) is 42.0 Å². The highest BCUT2D eigenvalue weighted by Gasteiger charge is 2.50. The molecule has 7 nitrogen and oxygen atoms in total. The number of guanidine groups is 1. The van der Waals surface area contributed by atoms with Crippen LogP contribution in [0.25, 0.3) is 0 Å². The molecule has 1 N–H and O–H groups in total. The highest BCUT2D eigenvalue weighted by molar-refractivity contribution is 7.92. The normalized spacial score (nSPS) is 26.6.